The molecule has 0 N–H and O–H groups in total. The molecular weight excluding hydrogens is 108 g/mol. The van der Waals surface area contributed by atoms with Crippen LogP contribution in [0.15, 0.2) is 24.3 Å². The van der Waals surface area contributed by atoms with Crippen molar-refractivity contribution in [3.05, 3.63) is 24.3 Å². The summed E-state index contributed by atoms with van der Waals surface area (Å²) in [6.07, 6.45) is 3.85. The van der Waals surface area contributed by atoms with E-state index in [0.717, 1.165) is 5.57 Å². The molecule has 0 saturated heterocycles. The molecule has 1 aliphatic rings. The average Bonchev–Trinajstić information content (AvgIpc) is 1.63. The van der Waals surface area contributed by atoms with Gasteiger partial charge in [-0.3, -0.25) is 0 Å². The quantitative estimate of drug-likeness (QED) is 0.423. The van der Waals surface area contributed by atoms with E-state index in [1.54, 1.807) is 0 Å². The van der Waals surface area contributed by atoms with E-state index in [4.69, 9.17) is 11.6 Å². The Hall–Kier alpha value is -0.230. The Morgan fingerprint density at radius 1 is 1.86 bits per heavy atom. The van der Waals surface area contributed by atoms with E-state index in [2.05, 4.69) is 6.58 Å². The minimum absolute atomic E-state index is 0.222. The van der Waals surface area contributed by atoms with E-state index in [1.165, 1.54) is 0 Å². The molecule has 1 unspecified atom stereocenters. The molecule has 1 rings (SSSR count). The van der Waals surface area contributed by atoms with E-state index in [-0.39, 0.29) is 4.87 Å². The lowest BCUT2D eigenvalue weighted by Gasteiger charge is -2.25. The highest BCUT2D eigenvalue weighted by Crippen LogP contribution is 2.33. The molecule has 0 amide bonds. The Kier molecular flexibility index (Phi) is 0.795. The standard InChI is InChI=1S/C6H7Cl/c1-5-3-4-6(5,2)7/h3-4H,1H2,2H3. The number of hydrogen-bond acceptors (Lipinski definition) is 0. The van der Waals surface area contributed by atoms with E-state index in [1.807, 2.05) is 19.1 Å². The van der Waals surface area contributed by atoms with Crippen molar-refractivity contribution in [3.63, 3.8) is 0 Å². The summed E-state index contributed by atoms with van der Waals surface area (Å²) < 4.78 is 0. The SMILES string of the molecule is C=C1C=CC1(C)Cl. The summed E-state index contributed by atoms with van der Waals surface area (Å²) in [4.78, 5) is -0.222. The van der Waals surface area contributed by atoms with Gasteiger partial charge in [-0.2, -0.15) is 0 Å². The summed E-state index contributed by atoms with van der Waals surface area (Å²) in [6.45, 7) is 5.62. The van der Waals surface area contributed by atoms with Gasteiger partial charge in [0.25, 0.3) is 0 Å². The molecule has 1 heteroatoms. The average molecular weight is 115 g/mol. The van der Waals surface area contributed by atoms with Gasteiger partial charge < -0.3 is 0 Å². The van der Waals surface area contributed by atoms with Crippen LogP contribution in [0.3, 0.4) is 0 Å². The van der Waals surface area contributed by atoms with Gasteiger partial charge in [-0.25, -0.2) is 0 Å². The largest absolute Gasteiger partial charge is 0.110 e. The Balaban J connectivity index is 2.83. The second-order valence-electron chi connectivity index (χ2n) is 1.93. The molecule has 0 aromatic heterocycles. The maximum Gasteiger partial charge on any atom is 0.0844 e. The normalized spacial score (nSPS) is 38.3. The molecule has 0 aromatic carbocycles. The zero-order chi connectivity index (χ0) is 5.49. The first kappa shape index (κ1) is 4.92. The van der Waals surface area contributed by atoms with Gasteiger partial charge in [0, 0.05) is 0 Å². The van der Waals surface area contributed by atoms with Crippen LogP contribution in [0.2, 0.25) is 0 Å². The topological polar surface area (TPSA) is 0 Å². The number of alkyl halides is 1. The van der Waals surface area contributed by atoms with E-state index >= 15 is 0 Å². The lowest BCUT2D eigenvalue weighted by Crippen LogP contribution is -2.21. The summed E-state index contributed by atoms with van der Waals surface area (Å²) in [6, 6.07) is 0. The molecule has 0 nitrogen and oxygen atoms in total. The summed E-state index contributed by atoms with van der Waals surface area (Å²) >= 11 is 5.77. The molecular formula is C6H7Cl. The molecule has 0 fully saturated rings. The van der Waals surface area contributed by atoms with Crippen molar-refractivity contribution in [2.24, 2.45) is 0 Å². The lowest BCUT2D eigenvalue weighted by molar-refractivity contribution is 0.890. The third kappa shape index (κ3) is 0.592. The van der Waals surface area contributed by atoms with E-state index < -0.39 is 0 Å². The summed E-state index contributed by atoms with van der Waals surface area (Å²) in [5.41, 5.74) is 1.01. The lowest BCUT2D eigenvalue weighted by atomic mass is 9.91. The highest BCUT2D eigenvalue weighted by molar-refractivity contribution is 6.28. The molecule has 7 heavy (non-hydrogen) atoms. The molecule has 0 aromatic rings. The number of allylic oxidation sites excluding steroid dienone is 3. The minimum Gasteiger partial charge on any atom is -0.110 e. The monoisotopic (exact) mass is 114 g/mol. The third-order valence-corrected chi connectivity index (χ3v) is 1.59. The highest BCUT2D eigenvalue weighted by atomic mass is 35.5. The number of rotatable bonds is 0. The predicted octanol–water partition coefficient (Wildman–Crippen LogP) is 2.11. The van der Waals surface area contributed by atoms with Crippen molar-refractivity contribution in [2.75, 3.05) is 0 Å². The van der Waals surface area contributed by atoms with Gasteiger partial charge in [-0.15, -0.1) is 11.6 Å². The first-order valence-electron chi connectivity index (χ1n) is 2.20. The highest BCUT2D eigenvalue weighted by Gasteiger charge is 2.25. The van der Waals surface area contributed by atoms with Crippen molar-refractivity contribution >= 4 is 11.6 Å². The smallest absolute Gasteiger partial charge is 0.0844 e. The van der Waals surface area contributed by atoms with Crippen LogP contribution in [0.4, 0.5) is 0 Å². The summed E-state index contributed by atoms with van der Waals surface area (Å²) in [5, 5.41) is 0. The Morgan fingerprint density at radius 3 is 2.29 bits per heavy atom. The van der Waals surface area contributed by atoms with Gasteiger partial charge in [0.05, 0.1) is 4.87 Å². The maximum atomic E-state index is 5.77. The molecule has 1 aliphatic carbocycles. The fraction of sp³-hybridized carbons (Fsp3) is 0.333. The molecule has 1 atom stereocenters. The van der Waals surface area contributed by atoms with E-state index in [9.17, 15) is 0 Å². The van der Waals surface area contributed by atoms with Crippen LogP contribution < -0.4 is 0 Å². The van der Waals surface area contributed by atoms with Crippen molar-refractivity contribution in [2.45, 2.75) is 11.8 Å². The molecule has 0 saturated carbocycles. The minimum atomic E-state index is -0.222. The van der Waals surface area contributed by atoms with Crippen LogP contribution >= 0.6 is 11.6 Å². The van der Waals surface area contributed by atoms with Gasteiger partial charge in [0.1, 0.15) is 0 Å². The predicted molar refractivity (Wildman–Crippen MR) is 32.5 cm³/mol. The van der Waals surface area contributed by atoms with Gasteiger partial charge >= 0.3 is 0 Å². The van der Waals surface area contributed by atoms with Gasteiger partial charge in [-0.05, 0) is 12.5 Å². The van der Waals surface area contributed by atoms with Crippen LogP contribution in [-0.2, 0) is 0 Å². The second-order valence-corrected chi connectivity index (χ2v) is 2.72. The van der Waals surface area contributed by atoms with Crippen molar-refractivity contribution in [1.29, 1.82) is 0 Å². The summed E-state index contributed by atoms with van der Waals surface area (Å²) in [5.74, 6) is 0. The Morgan fingerprint density at radius 2 is 2.29 bits per heavy atom. The first-order chi connectivity index (χ1) is 3.13. The third-order valence-electron chi connectivity index (χ3n) is 1.23. The van der Waals surface area contributed by atoms with Gasteiger partial charge in [0.15, 0.2) is 0 Å². The Bertz CT molecular complexity index is 131. The molecule has 0 heterocycles. The van der Waals surface area contributed by atoms with Crippen LogP contribution in [-0.4, -0.2) is 4.87 Å². The molecule has 0 radical (unpaired) electrons. The Labute approximate surface area is 48.5 Å². The first-order valence-corrected chi connectivity index (χ1v) is 2.58. The summed E-state index contributed by atoms with van der Waals surface area (Å²) in [7, 11) is 0. The van der Waals surface area contributed by atoms with Crippen LogP contribution in [0.1, 0.15) is 6.92 Å². The maximum absolute atomic E-state index is 5.77. The fourth-order valence-electron chi connectivity index (χ4n) is 0.431. The number of halogens is 1. The van der Waals surface area contributed by atoms with Gasteiger partial charge in [0.2, 0.25) is 0 Å². The van der Waals surface area contributed by atoms with Crippen LogP contribution in [0.25, 0.3) is 0 Å². The molecule has 0 aliphatic heterocycles. The fourth-order valence-corrected chi connectivity index (χ4v) is 0.557. The van der Waals surface area contributed by atoms with Crippen molar-refractivity contribution < 1.29 is 0 Å². The molecule has 38 valence electrons. The van der Waals surface area contributed by atoms with Crippen molar-refractivity contribution in [1.82, 2.24) is 0 Å². The van der Waals surface area contributed by atoms with Crippen LogP contribution in [0, 0.1) is 0 Å². The van der Waals surface area contributed by atoms with Gasteiger partial charge in [-0.1, -0.05) is 18.7 Å². The molecule has 0 bridgehead atoms. The van der Waals surface area contributed by atoms with Crippen LogP contribution in [0.5, 0.6) is 0 Å². The molecule has 0 spiro atoms. The zero-order valence-corrected chi connectivity index (χ0v) is 5.00. The number of hydrogen-bond donors (Lipinski definition) is 0. The van der Waals surface area contributed by atoms with Crippen molar-refractivity contribution in [3.8, 4) is 0 Å². The van der Waals surface area contributed by atoms with E-state index in [0.29, 0.717) is 0 Å². The second kappa shape index (κ2) is 1.13. The zero-order valence-electron chi connectivity index (χ0n) is 4.24.